The molecule has 1 unspecified atom stereocenters. The maximum atomic E-state index is 11.2. The van der Waals surface area contributed by atoms with Crippen molar-refractivity contribution >= 4 is 17.7 Å². The summed E-state index contributed by atoms with van der Waals surface area (Å²) in [6, 6.07) is 6.71. The first kappa shape index (κ1) is 10.5. The van der Waals surface area contributed by atoms with Crippen LogP contribution in [0.4, 0.5) is 10.5 Å². The summed E-state index contributed by atoms with van der Waals surface area (Å²) in [5.74, 6) is -1.03. The Morgan fingerprint density at radius 2 is 2.12 bits per heavy atom. The van der Waals surface area contributed by atoms with Gasteiger partial charge in [0.25, 0.3) is 0 Å². The van der Waals surface area contributed by atoms with Gasteiger partial charge in [-0.2, -0.15) is 0 Å². The molecule has 1 heterocycles. The molecule has 2 rings (SSSR count). The van der Waals surface area contributed by atoms with Crippen LogP contribution in [0.25, 0.3) is 0 Å². The molecule has 0 fully saturated rings. The van der Waals surface area contributed by atoms with E-state index in [1.165, 1.54) is 4.90 Å². The molecular formula is C11H12N2O3. The van der Waals surface area contributed by atoms with Gasteiger partial charge >= 0.3 is 12.0 Å². The monoisotopic (exact) mass is 220 g/mol. The number of carbonyl (C=O) groups is 2. The summed E-state index contributed by atoms with van der Waals surface area (Å²) in [5, 5.41) is 8.79. The second-order valence-corrected chi connectivity index (χ2v) is 3.80. The molecule has 0 saturated heterocycles. The van der Waals surface area contributed by atoms with E-state index in [4.69, 9.17) is 10.8 Å². The van der Waals surface area contributed by atoms with Crippen LogP contribution in [-0.2, 0) is 4.79 Å². The van der Waals surface area contributed by atoms with Crippen molar-refractivity contribution in [3.8, 4) is 0 Å². The van der Waals surface area contributed by atoms with Crippen LogP contribution in [0.15, 0.2) is 24.3 Å². The fourth-order valence-corrected chi connectivity index (χ4v) is 2.09. The average Bonchev–Trinajstić information content (AvgIpc) is 2.57. The summed E-state index contributed by atoms with van der Waals surface area (Å²) >= 11 is 0. The number of nitrogens with zero attached hydrogens (tertiary/aromatic N) is 1. The molecule has 5 heteroatoms. The smallest absolute Gasteiger partial charge is 0.319 e. The van der Waals surface area contributed by atoms with Crippen LogP contribution in [0.2, 0.25) is 0 Å². The summed E-state index contributed by atoms with van der Waals surface area (Å²) in [6.07, 6.45) is 0.0147. The topological polar surface area (TPSA) is 83.6 Å². The van der Waals surface area contributed by atoms with Gasteiger partial charge in [0.1, 0.15) is 0 Å². The molecule has 0 saturated carbocycles. The predicted octanol–water partition coefficient (Wildman–Crippen LogP) is 1.14. The zero-order valence-corrected chi connectivity index (χ0v) is 8.59. The van der Waals surface area contributed by atoms with Crippen LogP contribution in [0.5, 0.6) is 0 Å². The van der Waals surface area contributed by atoms with Crippen LogP contribution in [0, 0.1) is 0 Å². The first-order chi connectivity index (χ1) is 7.59. The molecule has 0 radical (unpaired) electrons. The number of rotatable bonds is 2. The summed E-state index contributed by atoms with van der Waals surface area (Å²) in [7, 11) is 0. The fraction of sp³-hybridized carbons (Fsp3) is 0.273. The summed E-state index contributed by atoms with van der Waals surface area (Å²) in [5.41, 5.74) is 6.85. The van der Waals surface area contributed by atoms with Crippen LogP contribution >= 0.6 is 0 Å². The SMILES string of the molecule is NC(=O)N1CC(CC(=O)O)c2ccccc21. The zero-order chi connectivity index (χ0) is 11.7. The molecule has 0 bridgehead atoms. The van der Waals surface area contributed by atoms with Gasteiger partial charge in [0.15, 0.2) is 0 Å². The van der Waals surface area contributed by atoms with E-state index in [0.29, 0.717) is 6.54 Å². The van der Waals surface area contributed by atoms with Crippen molar-refractivity contribution in [1.29, 1.82) is 0 Å². The molecule has 5 nitrogen and oxygen atoms in total. The minimum atomic E-state index is -0.869. The summed E-state index contributed by atoms with van der Waals surface area (Å²) in [4.78, 5) is 23.3. The number of amides is 2. The maximum absolute atomic E-state index is 11.2. The van der Waals surface area contributed by atoms with Gasteiger partial charge in [0.05, 0.1) is 6.42 Å². The van der Waals surface area contributed by atoms with E-state index >= 15 is 0 Å². The van der Waals surface area contributed by atoms with Crippen LogP contribution in [0.3, 0.4) is 0 Å². The maximum Gasteiger partial charge on any atom is 0.319 e. The highest BCUT2D eigenvalue weighted by Gasteiger charge is 2.32. The van der Waals surface area contributed by atoms with Crippen LogP contribution < -0.4 is 10.6 Å². The molecule has 1 atom stereocenters. The largest absolute Gasteiger partial charge is 0.481 e. The number of anilines is 1. The molecule has 1 aliphatic heterocycles. The van der Waals surface area contributed by atoms with Gasteiger partial charge in [-0.3, -0.25) is 9.69 Å². The number of fused-ring (bicyclic) bond motifs is 1. The van der Waals surface area contributed by atoms with E-state index in [-0.39, 0.29) is 12.3 Å². The van der Waals surface area contributed by atoms with Crippen molar-refractivity contribution in [3.63, 3.8) is 0 Å². The number of primary amides is 1. The van der Waals surface area contributed by atoms with Gasteiger partial charge < -0.3 is 10.8 Å². The number of hydrogen-bond donors (Lipinski definition) is 2. The number of aliphatic carboxylic acids is 1. The first-order valence-electron chi connectivity index (χ1n) is 4.97. The third-order valence-corrected chi connectivity index (χ3v) is 2.76. The molecule has 0 aliphatic carbocycles. The minimum Gasteiger partial charge on any atom is -0.481 e. The van der Waals surface area contributed by atoms with Crippen molar-refractivity contribution in [1.82, 2.24) is 0 Å². The number of carbonyl (C=O) groups excluding carboxylic acids is 1. The molecule has 1 aliphatic rings. The number of nitrogens with two attached hydrogens (primary N) is 1. The van der Waals surface area contributed by atoms with Gasteiger partial charge in [-0.1, -0.05) is 18.2 Å². The van der Waals surface area contributed by atoms with E-state index in [0.717, 1.165) is 11.3 Å². The Bertz CT molecular complexity index is 445. The predicted molar refractivity (Wildman–Crippen MR) is 58.4 cm³/mol. The highest BCUT2D eigenvalue weighted by molar-refractivity contribution is 5.93. The van der Waals surface area contributed by atoms with E-state index in [9.17, 15) is 9.59 Å². The Balaban J connectivity index is 2.35. The molecule has 2 amide bonds. The Morgan fingerprint density at radius 1 is 1.44 bits per heavy atom. The van der Waals surface area contributed by atoms with E-state index < -0.39 is 12.0 Å². The van der Waals surface area contributed by atoms with E-state index in [1.807, 2.05) is 12.1 Å². The second kappa shape index (κ2) is 3.84. The first-order valence-corrected chi connectivity index (χ1v) is 4.97. The molecular weight excluding hydrogens is 208 g/mol. The van der Waals surface area contributed by atoms with E-state index in [2.05, 4.69) is 0 Å². The lowest BCUT2D eigenvalue weighted by molar-refractivity contribution is -0.137. The van der Waals surface area contributed by atoms with Gasteiger partial charge in [-0.15, -0.1) is 0 Å². The Hall–Kier alpha value is -2.04. The Morgan fingerprint density at radius 3 is 2.75 bits per heavy atom. The van der Waals surface area contributed by atoms with Gasteiger partial charge in [0.2, 0.25) is 0 Å². The molecule has 0 aromatic heterocycles. The molecule has 84 valence electrons. The highest BCUT2D eigenvalue weighted by Crippen LogP contribution is 2.37. The Labute approximate surface area is 92.5 Å². The van der Waals surface area contributed by atoms with Crippen molar-refractivity contribution in [2.24, 2.45) is 5.73 Å². The number of carboxylic acids is 1. The molecule has 1 aromatic rings. The summed E-state index contributed by atoms with van der Waals surface area (Å²) in [6.45, 7) is 0.348. The van der Waals surface area contributed by atoms with Crippen molar-refractivity contribution < 1.29 is 14.7 Å². The standard InChI is InChI=1S/C11H12N2O3/c12-11(16)13-6-7(5-10(14)15)8-3-1-2-4-9(8)13/h1-4,7H,5-6H2,(H2,12,16)(H,14,15). The minimum absolute atomic E-state index is 0.0147. The van der Waals surface area contributed by atoms with Crippen molar-refractivity contribution in [3.05, 3.63) is 29.8 Å². The third kappa shape index (κ3) is 1.71. The van der Waals surface area contributed by atoms with Crippen molar-refractivity contribution in [2.75, 3.05) is 11.4 Å². The number of para-hydroxylation sites is 1. The third-order valence-electron chi connectivity index (χ3n) is 2.76. The second-order valence-electron chi connectivity index (χ2n) is 3.80. The number of urea groups is 1. The normalized spacial score (nSPS) is 18.2. The fourth-order valence-electron chi connectivity index (χ4n) is 2.09. The highest BCUT2D eigenvalue weighted by atomic mass is 16.4. The number of carboxylic acid groups (broad SMARTS) is 1. The molecule has 0 spiro atoms. The average molecular weight is 220 g/mol. The lowest BCUT2D eigenvalue weighted by atomic mass is 9.98. The molecule has 16 heavy (non-hydrogen) atoms. The molecule has 3 N–H and O–H groups in total. The summed E-state index contributed by atoms with van der Waals surface area (Å²) < 4.78 is 0. The number of hydrogen-bond acceptors (Lipinski definition) is 2. The zero-order valence-electron chi connectivity index (χ0n) is 8.59. The van der Waals surface area contributed by atoms with Gasteiger partial charge in [-0.05, 0) is 11.6 Å². The van der Waals surface area contributed by atoms with Gasteiger partial charge in [0, 0.05) is 18.2 Å². The van der Waals surface area contributed by atoms with Crippen molar-refractivity contribution in [2.45, 2.75) is 12.3 Å². The van der Waals surface area contributed by atoms with Crippen LogP contribution in [-0.4, -0.2) is 23.7 Å². The Kier molecular flexibility index (Phi) is 2.52. The molecule has 1 aromatic carbocycles. The quantitative estimate of drug-likeness (QED) is 0.783. The number of benzene rings is 1. The van der Waals surface area contributed by atoms with Crippen LogP contribution in [0.1, 0.15) is 17.9 Å². The van der Waals surface area contributed by atoms with Gasteiger partial charge in [-0.25, -0.2) is 4.79 Å². The lowest BCUT2D eigenvalue weighted by Crippen LogP contribution is -2.34. The lowest BCUT2D eigenvalue weighted by Gasteiger charge is -2.13. The van der Waals surface area contributed by atoms with E-state index in [1.54, 1.807) is 12.1 Å².